The van der Waals surface area contributed by atoms with Gasteiger partial charge in [-0.05, 0) is 30.2 Å². The van der Waals surface area contributed by atoms with Crippen LogP contribution in [0.4, 0.5) is 0 Å². The summed E-state index contributed by atoms with van der Waals surface area (Å²) in [6, 6.07) is 3.45. The lowest BCUT2D eigenvalue weighted by molar-refractivity contribution is -0.142. The number of carboxylic acids is 1. The standard InChI is InChI=1S/C15H21NO4S/c1-10-6-13(19-2)14(20-3)7-11(10)8-16-4-5-21-9-12(16)15(17)18/h6-7,12H,4-5,8-9H2,1-3H3,(H,17,18). The van der Waals surface area contributed by atoms with Crippen molar-refractivity contribution < 1.29 is 19.4 Å². The van der Waals surface area contributed by atoms with Gasteiger partial charge in [-0.25, -0.2) is 0 Å². The molecular formula is C15H21NO4S. The lowest BCUT2D eigenvalue weighted by Gasteiger charge is -2.33. The minimum atomic E-state index is -0.750. The topological polar surface area (TPSA) is 59.0 Å². The van der Waals surface area contributed by atoms with Crippen molar-refractivity contribution in [3.63, 3.8) is 0 Å². The SMILES string of the molecule is COc1cc(C)c(CN2CCSCC2C(=O)O)cc1OC. The molecule has 1 aliphatic rings. The Balaban J connectivity index is 2.23. The summed E-state index contributed by atoms with van der Waals surface area (Å²) >= 11 is 1.70. The molecule has 0 aliphatic carbocycles. The van der Waals surface area contributed by atoms with Gasteiger partial charge in [-0.15, -0.1) is 0 Å². The highest BCUT2D eigenvalue weighted by Gasteiger charge is 2.29. The van der Waals surface area contributed by atoms with Crippen molar-refractivity contribution >= 4 is 17.7 Å². The number of benzene rings is 1. The van der Waals surface area contributed by atoms with Crippen LogP contribution in [0, 0.1) is 6.92 Å². The number of carbonyl (C=O) groups is 1. The largest absolute Gasteiger partial charge is 0.493 e. The number of hydrogen-bond donors (Lipinski definition) is 1. The molecule has 6 heteroatoms. The lowest BCUT2D eigenvalue weighted by Crippen LogP contribution is -2.46. The first kappa shape index (κ1) is 16.0. The van der Waals surface area contributed by atoms with Gasteiger partial charge in [0.2, 0.25) is 0 Å². The number of aryl methyl sites for hydroxylation is 1. The maximum Gasteiger partial charge on any atom is 0.321 e. The van der Waals surface area contributed by atoms with Crippen molar-refractivity contribution in [3.8, 4) is 11.5 Å². The molecule has 1 atom stereocenters. The van der Waals surface area contributed by atoms with Crippen LogP contribution in [0.1, 0.15) is 11.1 Å². The molecule has 1 saturated heterocycles. The third kappa shape index (κ3) is 3.63. The molecule has 1 aromatic carbocycles. The molecule has 0 amide bonds. The van der Waals surface area contributed by atoms with Crippen LogP contribution in [0.2, 0.25) is 0 Å². The predicted molar refractivity (Wildman–Crippen MR) is 83.4 cm³/mol. The zero-order chi connectivity index (χ0) is 15.4. The van der Waals surface area contributed by atoms with Crippen molar-refractivity contribution in [1.29, 1.82) is 0 Å². The summed E-state index contributed by atoms with van der Waals surface area (Å²) in [5, 5.41) is 9.34. The number of ether oxygens (including phenoxy) is 2. The van der Waals surface area contributed by atoms with Gasteiger partial charge in [0, 0.05) is 24.6 Å². The number of aliphatic carboxylic acids is 1. The maximum absolute atomic E-state index is 11.4. The first-order valence-corrected chi connectivity index (χ1v) is 7.98. The predicted octanol–water partition coefficient (Wildman–Crippen LogP) is 2.01. The van der Waals surface area contributed by atoms with E-state index in [0.717, 1.165) is 23.4 Å². The van der Waals surface area contributed by atoms with Gasteiger partial charge in [-0.1, -0.05) is 0 Å². The molecule has 1 aromatic rings. The van der Waals surface area contributed by atoms with Crippen molar-refractivity contribution in [2.75, 3.05) is 32.3 Å². The molecule has 116 valence electrons. The van der Waals surface area contributed by atoms with E-state index in [1.165, 1.54) is 0 Å². The molecule has 5 nitrogen and oxygen atoms in total. The third-order valence-corrected chi connectivity index (χ3v) is 4.76. The van der Waals surface area contributed by atoms with E-state index in [1.54, 1.807) is 26.0 Å². The van der Waals surface area contributed by atoms with Gasteiger partial charge in [-0.3, -0.25) is 9.69 Å². The van der Waals surface area contributed by atoms with Crippen molar-refractivity contribution in [1.82, 2.24) is 4.90 Å². The molecule has 1 unspecified atom stereocenters. The first-order valence-electron chi connectivity index (χ1n) is 6.83. The molecule has 2 rings (SSSR count). The Morgan fingerprint density at radius 2 is 2.05 bits per heavy atom. The van der Waals surface area contributed by atoms with Gasteiger partial charge in [0.25, 0.3) is 0 Å². The molecular weight excluding hydrogens is 290 g/mol. The van der Waals surface area contributed by atoms with E-state index < -0.39 is 12.0 Å². The lowest BCUT2D eigenvalue weighted by atomic mass is 10.1. The van der Waals surface area contributed by atoms with Crippen LogP contribution in [-0.4, -0.2) is 54.3 Å². The van der Waals surface area contributed by atoms with Crippen molar-refractivity contribution in [2.24, 2.45) is 0 Å². The summed E-state index contributed by atoms with van der Waals surface area (Å²) in [4.78, 5) is 13.4. The fourth-order valence-electron chi connectivity index (χ4n) is 2.47. The average molecular weight is 311 g/mol. The smallest absolute Gasteiger partial charge is 0.321 e. The molecule has 1 aliphatic heterocycles. The van der Waals surface area contributed by atoms with Crippen molar-refractivity contribution in [3.05, 3.63) is 23.3 Å². The summed E-state index contributed by atoms with van der Waals surface area (Å²) in [7, 11) is 3.22. The van der Waals surface area contributed by atoms with Gasteiger partial charge >= 0.3 is 5.97 Å². The molecule has 1 N–H and O–H groups in total. The Hall–Kier alpha value is -1.40. The number of hydrogen-bond acceptors (Lipinski definition) is 5. The number of carboxylic acid groups (broad SMARTS) is 1. The zero-order valence-electron chi connectivity index (χ0n) is 12.6. The Kier molecular flexibility index (Phi) is 5.36. The summed E-state index contributed by atoms with van der Waals surface area (Å²) in [6.45, 7) is 3.41. The van der Waals surface area contributed by atoms with Crippen molar-refractivity contribution in [2.45, 2.75) is 19.5 Å². The second-order valence-corrected chi connectivity index (χ2v) is 6.18. The average Bonchev–Trinajstić information content (AvgIpc) is 2.49. The monoisotopic (exact) mass is 311 g/mol. The molecule has 0 aromatic heterocycles. The Labute approximate surface area is 129 Å². The van der Waals surface area contributed by atoms with E-state index in [9.17, 15) is 9.90 Å². The van der Waals surface area contributed by atoms with E-state index >= 15 is 0 Å². The molecule has 1 fully saturated rings. The minimum absolute atomic E-state index is 0.420. The zero-order valence-corrected chi connectivity index (χ0v) is 13.4. The van der Waals surface area contributed by atoms with Gasteiger partial charge in [0.1, 0.15) is 6.04 Å². The van der Waals surface area contributed by atoms with E-state index in [1.807, 2.05) is 24.0 Å². The molecule has 0 spiro atoms. The highest BCUT2D eigenvalue weighted by molar-refractivity contribution is 7.99. The Morgan fingerprint density at radius 1 is 1.38 bits per heavy atom. The quantitative estimate of drug-likeness (QED) is 0.898. The molecule has 0 bridgehead atoms. The van der Waals surface area contributed by atoms with E-state index in [0.29, 0.717) is 23.8 Å². The normalized spacial score (nSPS) is 19.3. The summed E-state index contributed by atoms with van der Waals surface area (Å²) in [5.74, 6) is 2.23. The van der Waals surface area contributed by atoms with Crippen LogP contribution >= 0.6 is 11.8 Å². The van der Waals surface area contributed by atoms with E-state index in [-0.39, 0.29) is 0 Å². The second-order valence-electron chi connectivity index (χ2n) is 5.03. The Morgan fingerprint density at radius 3 is 2.67 bits per heavy atom. The summed E-state index contributed by atoms with van der Waals surface area (Å²) in [5.41, 5.74) is 2.15. The van der Waals surface area contributed by atoms with Gasteiger partial charge in [-0.2, -0.15) is 11.8 Å². The van der Waals surface area contributed by atoms with Crippen LogP contribution in [0.3, 0.4) is 0 Å². The van der Waals surface area contributed by atoms with Gasteiger partial charge in [0.15, 0.2) is 11.5 Å². The van der Waals surface area contributed by atoms with Crippen LogP contribution in [0.15, 0.2) is 12.1 Å². The first-order chi connectivity index (χ1) is 10.1. The van der Waals surface area contributed by atoms with Gasteiger partial charge in [0.05, 0.1) is 14.2 Å². The van der Waals surface area contributed by atoms with Crippen LogP contribution < -0.4 is 9.47 Å². The minimum Gasteiger partial charge on any atom is -0.493 e. The Bertz CT molecular complexity index is 521. The number of rotatable bonds is 5. The highest BCUT2D eigenvalue weighted by atomic mass is 32.2. The number of nitrogens with zero attached hydrogens (tertiary/aromatic N) is 1. The fraction of sp³-hybridized carbons (Fsp3) is 0.533. The molecule has 0 saturated carbocycles. The molecule has 1 heterocycles. The third-order valence-electron chi connectivity index (χ3n) is 3.74. The summed E-state index contributed by atoms with van der Waals surface area (Å²) < 4.78 is 10.6. The maximum atomic E-state index is 11.4. The fourth-order valence-corrected chi connectivity index (χ4v) is 3.57. The summed E-state index contributed by atoms with van der Waals surface area (Å²) in [6.07, 6.45) is 0. The van der Waals surface area contributed by atoms with Crippen LogP contribution in [0.5, 0.6) is 11.5 Å². The molecule has 21 heavy (non-hydrogen) atoms. The molecule has 0 radical (unpaired) electrons. The highest BCUT2D eigenvalue weighted by Crippen LogP contribution is 2.31. The number of methoxy groups -OCH3 is 2. The van der Waals surface area contributed by atoms with Crippen LogP contribution in [0.25, 0.3) is 0 Å². The second kappa shape index (κ2) is 7.04. The van der Waals surface area contributed by atoms with E-state index in [4.69, 9.17) is 9.47 Å². The van der Waals surface area contributed by atoms with E-state index in [2.05, 4.69) is 0 Å². The van der Waals surface area contributed by atoms with Gasteiger partial charge < -0.3 is 14.6 Å². The number of thioether (sulfide) groups is 1. The van der Waals surface area contributed by atoms with Crippen LogP contribution in [-0.2, 0) is 11.3 Å².